The largest absolute Gasteiger partial charge is 0.481 e. The Morgan fingerprint density at radius 1 is 0.789 bits per heavy atom. The van der Waals surface area contributed by atoms with Crippen LogP contribution in [-0.2, 0) is 22.6 Å². The van der Waals surface area contributed by atoms with Gasteiger partial charge in [-0.1, -0.05) is 60.9 Å². The molecular weight excluding hydrogens is 717 g/mol. The van der Waals surface area contributed by atoms with E-state index in [4.69, 9.17) is 0 Å². The summed E-state index contributed by atoms with van der Waals surface area (Å²) < 4.78 is 0. The van der Waals surface area contributed by atoms with E-state index in [9.17, 15) is 30.0 Å². The fraction of sp³-hybridized carbons (Fsp3) is 0.745. The molecule has 0 spiro atoms. The lowest BCUT2D eigenvalue weighted by atomic mass is 8.91. The number of aryl methyl sites for hydroxylation is 1. The monoisotopic (exact) mass is 782 g/mol. The van der Waals surface area contributed by atoms with Crippen molar-refractivity contribution in [3.05, 3.63) is 58.2 Å². The number of hydrogen-bond donors (Lipinski definition) is 7. The molecule has 9 fully saturated rings. The summed E-state index contributed by atoms with van der Waals surface area (Å²) in [6, 6.07) is 6.76. The molecule has 3 aliphatic heterocycles. The molecule has 10 aliphatic rings. The van der Waals surface area contributed by atoms with E-state index in [1.807, 2.05) is 0 Å². The first-order chi connectivity index (χ1) is 27.3. The number of nitrogens with one attached hydrogen (secondary N) is 3. The van der Waals surface area contributed by atoms with Crippen LogP contribution in [0.2, 0.25) is 0 Å². The molecule has 0 radical (unpaired) electrons. The minimum atomic E-state index is -1.25. The third kappa shape index (κ3) is 5.92. The highest BCUT2D eigenvalue weighted by Crippen LogP contribution is 3.11. The molecule has 6 saturated carbocycles. The molecule has 7 aliphatic carbocycles. The SMILES string of the molecule is Cc1cc(C[C@H](C(=O)O)[C@H]2CCNC2)cc(CN(CC2=CC(C[C@H](C(=O)O)[C@H]3CCNC3)=CC(C)(C)C2)CC23C4C5C6C4C2C6(C[C@H](C(O)O)[C@H]2CCNC2)C53)c1. The van der Waals surface area contributed by atoms with Crippen molar-refractivity contribution >= 4 is 11.9 Å². The van der Waals surface area contributed by atoms with E-state index in [0.29, 0.717) is 41.4 Å². The van der Waals surface area contributed by atoms with Gasteiger partial charge >= 0.3 is 11.9 Å². The molecule has 7 N–H and O–H groups in total. The van der Waals surface area contributed by atoms with E-state index in [2.05, 4.69) is 72.0 Å². The minimum absolute atomic E-state index is 0.0482. The number of carbonyl (C=O) groups is 2. The molecule has 3 heterocycles. The van der Waals surface area contributed by atoms with Crippen molar-refractivity contribution in [3.63, 3.8) is 0 Å². The van der Waals surface area contributed by atoms with E-state index in [0.717, 1.165) is 126 Å². The lowest BCUT2D eigenvalue weighted by Crippen LogP contribution is -3.10. The molecule has 3 saturated heterocycles. The molecule has 57 heavy (non-hydrogen) atoms. The second kappa shape index (κ2) is 14.0. The van der Waals surface area contributed by atoms with Crippen LogP contribution in [0.15, 0.2) is 41.5 Å². The summed E-state index contributed by atoms with van der Waals surface area (Å²) in [6.07, 6.45) is 9.29. The molecule has 10 heteroatoms. The van der Waals surface area contributed by atoms with Gasteiger partial charge in [0.25, 0.3) is 0 Å². The topological polar surface area (TPSA) is 154 Å². The number of rotatable bonds is 18. The van der Waals surface area contributed by atoms with Gasteiger partial charge in [0.1, 0.15) is 0 Å². The van der Waals surface area contributed by atoms with Crippen molar-refractivity contribution in [3.8, 4) is 0 Å². The van der Waals surface area contributed by atoms with Crippen LogP contribution in [0.4, 0.5) is 0 Å². The maximum absolute atomic E-state index is 12.6. The molecule has 0 bridgehead atoms. The molecule has 0 aromatic heterocycles. The van der Waals surface area contributed by atoms with Gasteiger partial charge in [0.15, 0.2) is 6.29 Å². The fourth-order valence-electron chi connectivity index (χ4n) is 16.2. The summed E-state index contributed by atoms with van der Waals surface area (Å²) in [6.45, 7) is 14.6. The zero-order valence-corrected chi connectivity index (χ0v) is 34.3. The Hall–Kier alpha value is -2.60. The van der Waals surface area contributed by atoms with Gasteiger partial charge in [-0.15, -0.1) is 0 Å². The fourth-order valence-corrected chi connectivity index (χ4v) is 16.2. The predicted octanol–water partition coefficient (Wildman–Crippen LogP) is 4.30. The number of nitrogens with zero attached hydrogens (tertiary/aromatic N) is 1. The highest BCUT2D eigenvalue weighted by molar-refractivity contribution is 5.71. The van der Waals surface area contributed by atoms with Gasteiger partial charge in [-0.3, -0.25) is 14.5 Å². The Bertz CT molecular complexity index is 1820. The van der Waals surface area contributed by atoms with Crippen LogP contribution >= 0.6 is 0 Å². The summed E-state index contributed by atoms with van der Waals surface area (Å²) in [4.78, 5) is 27.8. The maximum atomic E-state index is 12.6. The van der Waals surface area contributed by atoms with Crippen molar-refractivity contribution in [2.45, 2.75) is 78.6 Å². The number of aliphatic carboxylic acids is 2. The summed E-state index contributed by atoms with van der Waals surface area (Å²) >= 11 is 0. The Morgan fingerprint density at radius 3 is 1.95 bits per heavy atom. The zero-order valence-electron chi connectivity index (χ0n) is 34.3. The van der Waals surface area contributed by atoms with Crippen LogP contribution in [0.1, 0.15) is 69.1 Å². The lowest BCUT2D eigenvalue weighted by molar-refractivity contribution is -0.662. The zero-order chi connectivity index (χ0) is 39.6. The third-order valence-electron chi connectivity index (χ3n) is 17.7. The van der Waals surface area contributed by atoms with Gasteiger partial charge in [-0.2, -0.15) is 0 Å². The summed E-state index contributed by atoms with van der Waals surface area (Å²) in [5.74, 6) is 3.11. The van der Waals surface area contributed by atoms with E-state index in [-0.39, 0.29) is 23.2 Å². The molecule has 310 valence electrons. The van der Waals surface area contributed by atoms with Crippen LogP contribution in [0, 0.1) is 94.2 Å². The molecule has 11 rings (SSSR count). The number of allylic oxidation sites excluding steroid dienone is 3. The molecule has 10 atom stereocenters. The third-order valence-corrected chi connectivity index (χ3v) is 17.7. The number of carboxylic acid groups (broad SMARTS) is 2. The normalized spacial score (nSPS) is 40.2. The highest BCUT2D eigenvalue weighted by atomic mass is 16.5. The Labute approximate surface area is 338 Å². The van der Waals surface area contributed by atoms with Gasteiger partial charge in [0.05, 0.1) is 11.8 Å². The van der Waals surface area contributed by atoms with Crippen LogP contribution in [-0.4, -0.2) is 95.9 Å². The Balaban J connectivity index is 0.923. The second-order valence-corrected chi connectivity index (χ2v) is 21.4. The predicted molar refractivity (Wildman–Crippen MR) is 217 cm³/mol. The first kappa shape index (κ1) is 38.6. The number of carboxylic acids is 2. The summed E-state index contributed by atoms with van der Waals surface area (Å²) in [5.41, 5.74) is 6.63. The van der Waals surface area contributed by atoms with Crippen LogP contribution in [0.25, 0.3) is 0 Å². The Kier molecular flexibility index (Phi) is 9.47. The van der Waals surface area contributed by atoms with Crippen LogP contribution < -0.4 is 16.0 Å². The van der Waals surface area contributed by atoms with Gasteiger partial charge in [0.2, 0.25) is 0 Å². The lowest BCUT2D eigenvalue weighted by Gasteiger charge is -3.12. The smallest absolute Gasteiger partial charge is 0.307 e. The number of hydrogen-bond acceptors (Lipinski definition) is 8. The van der Waals surface area contributed by atoms with Crippen molar-refractivity contribution < 1.29 is 30.0 Å². The number of aliphatic hydroxyl groups excluding tert-OH is 1. The summed E-state index contributed by atoms with van der Waals surface area (Å²) in [5, 5.41) is 52.1. The molecule has 1 aromatic carbocycles. The molecule has 4 unspecified atom stereocenters. The van der Waals surface area contributed by atoms with Crippen molar-refractivity contribution in [1.82, 2.24) is 20.9 Å². The van der Waals surface area contributed by atoms with Crippen molar-refractivity contribution in [1.29, 1.82) is 0 Å². The van der Waals surface area contributed by atoms with Gasteiger partial charge in [-0.05, 0) is 172 Å². The first-order valence-corrected chi connectivity index (χ1v) is 22.5. The number of aliphatic hydroxyl groups is 2. The second-order valence-electron chi connectivity index (χ2n) is 21.4. The number of benzene rings is 1. The standard InChI is InChI=1S/C47H66N4O6/c1-25-10-26(14-33(42(52)53)30-4-7-48-19-30)12-28(11-25)22-51(23-29-13-27(16-45(2,3)17-29)15-34(43(54)55)31-5-8-49-20-31)24-47-39-36-38-37(39)41(47)46(38,40(36)47)18-35(44(56)57)32-6-9-50-21-32/h10-13,16,30-41,44,48-50,56-57H,4-9,14-15,17-24H2,1-3H3,(H,52,53)(H,54,55)/t30-,31-,32-,33-,34-,35-,36?,37?,38?,39?,40?,41?,46?,47?/m0/s1. The summed E-state index contributed by atoms with van der Waals surface area (Å²) in [7, 11) is 0. The Morgan fingerprint density at radius 2 is 1.37 bits per heavy atom. The van der Waals surface area contributed by atoms with E-state index >= 15 is 0 Å². The highest BCUT2D eigenvalue weighted by Gasteiger charge is 3.09. The van der Waals surface area contributed by atoms with E-state index < -0.39 is 30.1 Å². The van der Waals surface area contributed by atoms with E-state index in [1.165, 1.54) is 16.7 Å². The molecule has 10 nitrogen and oxygen atoms in total. The van der Waals surface area contributed by atoms with Crippen LogP contribution in [0.3, 0.4) is 0 Å². The molecule has 1 aromatic rings. The van der Waals surface area contributed by atoms with Crippen molar-refractivity contribution in [2.75, 3.05) is 52.4 Å². The average Bonchev–Trinajstić information content (AvgIpc) is 3.96. The quantitative estimate of drug-likeness (QED) is 0.107. The van der Waals surface area contributed by atoms with Gasteiger partial charge < -0.3 is 36.4 Å². The van der Waals surface area contributed by atoms with Crippen molar-refractivity contribution in [2.24, 2.45) is 87.3 Å². The van der Waals surface area contributed by atoms with E-state index in [1.54, 1.807) is 0 Å². The average molecular weight is 783 g/mol. The van der Waals surface area contributed by atoms with Crippen LogP contribution in [0.5, 0.6) is 0 Å². The molecule has 0 amide bonds. The molecular formula is C47H66N4O6. The van der Waals surface area contributed by atoms with Gasteiger partial charge in [-0.25, -0.2) is 0 Å². The maximum Gasteiger partial charge on any atom is 0.307 e. The minimum Gasteiger partial charge on any atom is -0.481 e. The van der Waals surface area contributed by atoms with Gasteiger partial charge in [0, 0.05) is 25.6 Å². The first-order valence-electron chi connectivity index (χ1n) is 22.5.